The molecule has 3 amide bonds. The van der Waals surface area contributed by atoms with Crippen LogP contribution in [0.2, 0.25) is 0 Å². The van der Waals surface area contributed by atoms with E-state index in [0.717, 1.165) is 0 Å². The molecule has 3 saturated heterocycles. The molecule has 8 nitrogen and oxygen atoms in total. The molecule has 0 aliphatic carbocycles. The lowest BCUT2D eigenvalue weighted by atomic mass is 9.92. The lowest BCUT2D eigenvalue weighted by molar-refractivity contribution is -0.162. The Balaban J connectivity index is 1.40. The Labute approximate surface area is 175 Å². The molecule has 160 valence electrons. The molecule has 2 N–H and O–H groups in total. The van der Waals surface area contributed by atoms with E-state index >= 15 is 0 Å². The fraction of sp³-hybridized carbons (Fsp3) is 0.500. The molecule has 5 atom stereocenters. The number of fused-ring (bicyclic) bond motifs is 2. The van der Waals surface area contributed by atoms with Crippen LogP contribution < -0.4 is 5.32 Å². The van der Waals surface area contributed by atoms with Crippen molar-refractivity contribution < 1.29 is 24.2 Å². The first kappa shape index (κ1) is 20.6. The van der Waals surface area contributed by atoms with Gasteiger partial charge in [-0.25, -0.2) is 0 Å². The standard InChI is InChI=1S/C22H27N3O5/c1-2-10-30-16-12-18-21(28)24-9-8-15(11-17(24)22(29)25(18)13-16)23-20(27)19(26)14-6-4-3-5-7-14/h2-7,15-19,26H,1,8-13H2,(H,23,27)/t15-,16-,17-,18+,19-/m0/s1. The van der Waals surface area contributed by atoms with E-state index in [1.54, 1.807) is 40.1 Å². The van der Waals surface area contributed by atoms with E-state index in [2.05, 4.69) is 11.9 Å². The quantitative estimate of drug-likeness (QED) is 0.657. The Morgan fingerprint density at radius 1 is 1.20 bits per heavy atom. The Hall–Kier alpha value is -2.71. The molecule has 30 heavy (non-hydrogen) atoms. The number of piperidine rings is 1. The molecular formula is C22H27N3O5. The monoisotopic (exact) mass is 413 g/mol. The molecule has 0 unspecified atom stereocenters. The summed E-state index contributed by atoms with van der Waals surface area (Å²) in [4.78, 5) is 41.8. The van der Waals surface area contributed by atoms with Gasteiger partial charge in [0.25, 0.3) is 5.91 Å². The van der Waals surface area contributed by atoms with E-state index in [9.17, 15) is 19.5 Å². The molecular weight excluding hydrogens is 386 g/mol. The van der Waals surface area contributed by atoms with E-state index in [4.69, 9.17) is 4.74 Å². The van der Waals surface area contributed by atoms with Gasteiger partial charge >= 0.3 is 0 Å². The summed E-state index contributed by atoms with van der Waals surface area (Å²) in [5, 5.41) is 13.1. The first-order valence-electron chi connectivity index (χ1n) is 10.4. The minimum Gasteiger partial charge on any atom is -0.378 e. The largest absolute Gasteiger partial charge is 0.378 e. The summed E-state index contributed by atoms with van der Waals surface area (Å²) in [5.74, 6) is -0.628. The van der Waals surface area contributed by atoms with Crippen LogP contribution >= 0.6 is 0 Å². The van der Waals surface area contributed by atoms with Gasteiger partial charge in [0.15, 0.2) is 6.10 Å². The SMILES string of the molecule is C=CCO[C@H]1C[C@@H]2C(=O)N3CC[C@H](NC(=O)[C@@H](O)c4ccccc4)C[C@H]3C(=O)N2C1. The van der Waals surface area contributed by atoms with Gasteiger partial charge < -0.3 is 25.0 Å². The number of rotatable bonds is 6. The summed E-state index contributed by atoms with van der Waals surface area (Å²) in [7, 11) is 0. The summed E-state index contributed by atoms with van der Waals surface area (Å²) in [6, 6.07) is 7.39. The number of nitrogens with one attached hydrogen (secondary N) is 1. The summed E-state index contributed by atoms with van der Waals surface area (Å²) >= 11 is 0. The Morgan fingerprint density at radius 3 is 2.63 bits per heavy atom. The van der Waals surface area contributed by atoms with E-state index < -0.39 is 24.1 Å². The van der Waals surface area contributed by atoms with Crippen molar-refractivity contribution in [3.8, 4) is 0 Å². The van der Waals surface area contributed by atoms with Crippen LogP contribution in [-0.4, -0.2) is 76.6 Å². The molecule has 0 bridgehead atoms. The number of hydrogen-bond acceptors (Lipinski definition) is 5. The highest BCUT2D eigenvalue weighted by Gasteiger charge is 2.52. The normalized spacial score (nSPS) is 29.2. The van der Waals surface area contributed by atoms with Gasteiger partial charge in [-0.1, -0.05) is 36.4 Å². The fourth-order valence-corrected chi connectivity index (χ4v) is 4.64. The van der Waals surface area contributed by atoms with Crippen molar-refractivity contribution in [2.45, 2.75) is 49.6 Å². The molecule has 0 saturated carbocycles. The summed E-state index contributed by atoms with van der Waals surface area (Å²) in [5.41, 5.74) is 0.516. The Bertz CT molecular complexity index is 829. The number of hydrogen-bond donors (Lipinski definition) is 2. The molecule has 3 heterocycles. The van der Waals surface area contributed by atoms with E-state index in [1.807, 2.05) is 6.07 Å². The van der Waals surface area contributed by atoms with Crippen molar-refractivity contribution >= 4 is 17.7 Å². The van der Waals surface area contributed by atoms with Crippen LogP contribution in [-0.2, 0) is 19.1 Å². The Kier molecular flexibility index (Phi) is 5.87. The molecule has 8 heteroatoms. The molecule has 3 fully saturated rings. The molecule has 0 spiro atoms. The van der Waals surface area contributed by atoms with Crippen LogP contribution in [0, 0.1) is 0 Å². The summed E-state index contributed by atoms with van der Waals surface area (Å²) < 4.78 is 5.67. The number of amides is 3. The second-order valence-electron chi connectivity index (χ2n) is 8.08. The number of benzene rings is 1. The number of carbonyl (C=O) groups is 3. The third kappa shape index (κ3) is 3.85. The summed E-state index contributed by atoms with van der Waals surface area (Å²) in [6.45, 7) is 4.83. The van der Waals surface area contributed by atoms with Gasteiger partial charge in [0.05, 0.1) is 12.7 Å². The summed E-state index contributed by atoms with van der Waals surface area (Å²) in [6.07, 6.45) is 1.62. The first-order valence-corrected chi connectivity index (χ1v) is 10.4. The van der Waals surface area contributed by atoms with E-state index in [-0.39, 0.29) is 24.0 Å². The smallest absolute Gasteiger partial charge is 0.253 e. The molecule has 1 aromatic carbocycles. The highest BCUT2D eigenvalue weighted by atomic mass is 16.5. The van der Waals surface area contributed by atoms with Crippen LogP contribution in [0.25, 0.3) is 0 Å². The minimum absolute atomic E-state index is 0.0431. The van der Waals surface area contributed by atoms with Crippen molar-refractivity contribution in [1.82, 2.24) is 15.1 Å². The number of aliphatic hydroxyl groups is 1. The maximum absolute atomic E-state index is 13.1. The number of piperazine rings is 1. The molecule has 0 radical (unpaired) electrons. The van der Waals surface area contributed by atoms with Crippen LogP contribution in [0.1, 0.15) is 30.9 Å². The number of carbonyl (C=O) groups excluding carboxylic acids is 3. The van der Waals surface area contributed by atoms with Gasteiger partial charge in [0.1, 0.15) is 12.1 Å². The average Bonchev–Trinajstić information content (AvgIpc) is 3.21. The van der Waals surface area contributed by atoms with Crippen molar-refractivity contribution in [2.24, 2.45) is 0 Å². The second-order valence-corrected chi connectivity index (χ2v) is 8.08. The highest BCUT2D eigenvalue weighted by Crippen LogP contribution is 2.32. The first-order chi connectivity index (χ1) is 14.5. The zero-order valence-corrected chi connectivity index (χ0v) is 16.8. The van der Waals surface area contributed by atoms with E-state index in [1.165, 1.54) is 0 Å². The number of aliphatic hydroxyl groups excluding tert-OH is 1. The van der Waals surface area contributed by atoms with Gasteiger partial charge in [0, 0.05) is 25.6 Å². The van der Waals surface area contributed by atoms with Crippen molar-refractivity contribution in [3.05, 3.63) is 48.6 Å². The van der Waals surface area contributed by atoms with E-state index in [0.29, 0.717) is 44.5 Å². The second kappa shape index (κ2) is 8.57. The van der Waals surface area contributed by atoms with Crippen LogP contribution in [0.4, 0.5) is 0 Å². The minimum atomic E-state index is -1.27. The predicted octanol–water partition coefficient (Wildman–Crippen LogP) is 0.382. The lowest BCUT2D eigenvalue weighted by Gasteiger charge is -2.46. The zero-order chi connectivity index (χ0) is 21.3. The lowest BCUT2D eigenvalue weighted by Crippen LogP contribution is -2.66. The third-order valence-corrected chi connectivity index (χ3v) is 6.16. The highest BCUT2D eigenvalue weighted by molar-refractivity contribution is 5.98. The van der Waals surface area contributed by atoms with Gasteiger partial charge in [0.2, 0.25) is 11.8 Å². The van der Waals surface area contributed by atoms with Gasteiger partial charge in [-0.3, -0.25) is 14.4 Å². The Morgan fingerprint density at radius 2 is 1.90 bits per heavy atom. The predicted molar refractivity (Wildman–Crippen MR) is 108 cm³/mol. The zero-order valence-electron chi connectivity index (χ0n) is 16.8. The fourth-order valence-electron chi connectivity index (χ4n) is 4.64. The maximum Gasteiger partial charge on any atom is 0.253 e. The van der Waals surface area contributed by atoms with Crippen LogP contribution in [0.3, 0.4) is 0 Å². The van der Waals surface area contributed by atoms with Crippen LogP contribution in [0.15, 0.2) is 43.0 Å². The maximum atomic E-state index is 13.1. The molecule has 3 aliphatic rings. The average molecular weight is 413 g/mol. The van der Waals surface area contributed by atoms with Crippen LogP contribution in [0.5, 0.6) is 0 Å². The van der Waals surface area contributed by atoms with Gasteiger partial charge in [-0.15, -0.1) is 6.58 Å². The van der Waals surface area contributed by atoms with Gasteiger partial charge in [-0.05, 0) is 18.4 Å². The van der Waals surface area contributed by atoms with Crippen molar-refractivity contribution in [1.29, 1.82) is 0 Å². The molecule has 4 rings (SSSR count). The third-order valence-electron chi connectivity index (χ3n) is 6.16. The molecule has 1 aromatic rings. The van der Waals surface area contributed by atoms with Gasteiger partial charge in [-0.2, -0.15) is 0 Å². The topological polar surface area (TPSA) is 99.2 Å². The van der Waals surface area contributed by atoms with Crippen molar-refractivity contribution in [2.75, 3.05) is 19.7 Å². The number of ether oxygens (including phenoxy) is 1. The molecule has 3 aliphatic heterocycles. The number of nitrogens with zero attached hydrogens (tertiary/aromatic N) is 2. The van der Waals surface area contributed by atoms with Crippen molar-refractivity contribution in [3.63, 3.8) is 0 Å². The molecule has 0 aromatic heterocycles.